The van der Waals surface area contributed by atoms with Gasteiger partial charge in [0.1, 0.15) is 6.54 Å². The monoisotopic (exact) mass is 278 g/mol. The predicted molar refractivity (Wildman–Crippen MR) is 71.5 cm³/mol. The van der Waals surface area contributed by atoms with E-state index < -0.39 is 0 Å². The molecule has 0 bridgehead atoms. The van der Waals surface area contributed by atoms with Crippen LogP contribution in [0.1, 0.15) is 16.9 Å². The van der Waals surface area contributed by atoms with Gasteiger partial charge in [0, 0.05) is 29.3 Å². The molecule has 6 heteroatoms. The van der Waals surface area contributed by atoms with Crippen molar-refractivity contribution in [3.05, 3.63) is 21.9 Å². The molecule has 0 unspecified atom stereocenters. The van der Waals surface area contributed by atoms with Gasteiger partial charge in [0.05, 0.1) is 13.2 Å². The third-order valence-corrected chi connectivity index (χ3v) is 3.59. The summed E-state index contributed by atoms with van der Waals surface area (Å²) >= 11 is 1.47. The van der Waals surface area contributed by atoms with Crippen LogP contribution in [-0.4, -0.2) is 47.0 Å². The molecule has 0 atom stereocenters. The molecule has 2 heterocycles. The second kappa shape index (κ2) is 5.87. The van der Waals surface area contributed by atoms with Gasteiger partial charge in [-0.1, -0.05) is 11.8 Å². The van der Waals surface area contributed by atoms with Gasteiger partial charge in [0.15, 0.2) is 0 Å². The lowest BCUT2D eigenvalue weighted by Gasteiger charge is -2.12. The minimum absolute atomic E-state index is 0.0487. The summed E-state index contributed by atoms with van der Waals surface area (Å²) in [4.78, 5) is 26.9. The maximum Gasteiger partial charge on any atom is 0.327 e. The van der Waals surface area contributed by atoms with E-state index in [9.17, 15) is 9.59 Å². The molecule has 2 rings (SSSR count). The van der Waals surface area contributed by atoms with Crippen LogP contribution in [0.2, 0.25) is 0 Å². The Hall–Kier alpha value is -1.84. The molecular formula is C13H14N2O3S. The van der Waals surface area contributed by atoms with Crippen LogP contribution in [0.15, 0.2) is 11.4 Å². The Morgan fingerprint density at radius 2 is 2.26 bits per heavy atom. The van der Waals surface area contributed by atoms with Gasteiger partial charge in [-0.25, -0.2) is 4.79 Å². The number of imide groups is 1. The van der Waals surface area contributed by atoms with E-state index in [0.717, 1.165) is 10.4 Å². The number of thiophene rings is 1. The van der Waals surface area contributed by atoms with Gasteiger partial charge in [-0.3, -0.25) is 9.69 Å². The van der Waals surface area contributed by atoms with Gasteiger partial charge in [0.2, 0.25) is 0 Å². The van der Waals surface area contributed by atoms with Crippen molar-refractivity contribution in [1.29, 1.82) is 0 Å². The highest BCUT2D eigenvalue weighted by Crippen LogP contribution is 2.19. The first kappa shape index (κ1) is 13.6. The van der Waals surface area contributed by atoms with E-state index in [2.05, 4.69) is 11.8 Å². The van der Waals surface area contributed by atoms with Crippen LogP contribution in [0.5, 0.6) is 0 Å². The molecule has 3 amide bonds. The molecule has 1 aromatic heterocycles. The molecule has 1 saturated heterocycles. The van der Waals surface area contributed by atoms with Gasteiger partial charge < -0.3 is 10.0 Å². The highest BCUT2D eigenvalue weighted by molar-refractivity contribution is 7.10. The van der Waals surface area contributed by atoms with Crippen LogP contribution in [0.25, 0.3) is 0 Å². The van der Waals surface area contributed by atoms with Crippen LogP contribution >= 0.6 is 11.3 Å². The van der Waals surface area contributed by atoms with Crippen molar-refractivity contribution < 1.29 is 14.7 Å². The topological polar surface area (TPSA) is 60.9 Å². The van der Waals surface area contributed by atoms with Crippen molar-refractivity contribution in [2.75, 3.05) is 20.2 Å². The second-order valence-corrected chi connectivity index (χ2v) is 5.19. The van der Waals surface area contributed by atoms with Crippen molar-refractivity contribution in [2.24, 2.45) is 0 Å². The van der Waals surface area contributed by atoms with E-state index in [4.69, 9.17) is 5.11 Å². The number of likely N-dealkylation sites (N-methyl/N-ethyl adjacent to an activating group) is 1. The van der Waals surface area contributed by atoms with Crippen molar-refractivity contribution >= 4 is 23.3 Å². The molecule has 1 aliphatic rings. The van der Waals surface area contributed by atoms with Crippen LogP contribution in [0, 0.1) is 11.8 Å². The quantitative estimate of drug-likeness (QED) is 0.659. The Balaban J connectivity index is 2.03. The zero-order chi connectivity index (χ0) is 13.8. The maximum absolute atomic E-state index is 11.7. The number of rotatable bonds is 3. The maximum atomic E-state index is 11.7. The van der Waals surface area contributed by atoms with Gasteiger partial charge in [-0.05, 0) is 6.07 Å². The molecule has 1 N–H and O–H groups in total. The highest BCUT2D eigenvalue weighted by atomic mass is 32.1. The zero-order valence-corrected chi connectivity index (χ0v) is 11.4. The van der Waals surface area contributed by atoms with Gasteiger partial charge in [0.25, 0.3) is 5.91 Å². The lowest BCUT2D eigenvalue weighted by atomic mass is 10.3. The molecule has 1 aliphatic heterocycles. The fourth-order valence-corrected chi connectivity index (χ4v) is 2.53. The first-order valence-corrected chi connectivity index (χ1v) is 6.72. The number of carbonyl (C=O) groups is 2. The van der Waals surface area contributed by atoms with Crippen molar-refractivity contribution in [1.82, 2.24) is 9.80 Å². The van der Waals surface area contributed by atoms with Crippen LogP contribution < -0.4 is 0 Å². The fraction of sp³-hybridized carbons (Fsp3) is 0.385. The number of hydrogen-bond donors (Lipinski definition) is 1. The minimum Gasteiger partial charge on any atom is -0.395 e. The molecule has 0 aromatic carbocycles. The Bertz CT molecular complexity index is 556. The number of urea groups is 1. The summed E-state index contributed by atoms with van der Waals surface area (Å²) < 4.78 is 0. The summed E-state index contributed by atoms with van der Waals surface area (Å²) in [5, 5.41) is 10.5. The third kappa shape index (κ3) is 3.13. The molecule has 5 nitrogen and oxygen atoms in total. The smallest absolute Gasteiger partial charge is 0.327 e. The van der Waals surface area contributed by atoms with E-state index >= 15 is 0 Å². The largest absolute Gasteiger partial charge is 0.395 e. The summed E-state index contributed by atoms with van der Waals surface area (Å²) in [7, 11) is 1.61. The second-order valence-electron chi connectivity index (χ2n) is 4.20. The molecule has 19 heavy (non-hydrogen) atoms. The minimum atomic E-state index is -0.258. The van der Waals surface area contributed by atoms with E-state index in [-0.39, 0.29) is 25.1 Å². The number of nitrogens with zero attached hydrogens (tertiary/aromatic N) is 2. The van der Waals surface area contributed by atoms with Crippen LogP contribution in [0.4, 0.5) is 4.79 Å². The molecule has 1 fully saturated rings. The predicted octanol–water partition coefficient (Wildman–Crippen LogP) is 0.876. The Labute approximate surface area is 115 Å². The van der Waals surface area contributed by atoms with Crippen molar-refractivity contribution in [3.63, 3.8) is 0 Å². The highest BCUT2D eigenvalue weighted by Gasteiger charge is 2.33. The van der Waals surface area contributed by atoms with Crippen molar-refractivity contribution in [2.45, 2.75) is 13.0 Å². The first-order valence-electron chi connectivity index (χ1n) is 5.84. The lowest BCUT2D eigenvalue weighted by Crippen LogP contribution is -2.30. The van der Waals surface area contributed by atoms with E-state index in [1.807, 2.05) is 11.4 Å². The van der Waals surface area contributed by atoms with E-state index in [0.29, 0.717) is 13.0 Å². The number of amides is 3. The Kier molecular flexibility index (Phi) is 4.20. The lowest BCUT2D eigenvalue weighted by molar-refractivity contribution is -0.125. The molecule has 0 saturated carbocycles. The van der Waals surface area contributed by atoms with Gasteiger partial charge >= 0.3 is 6.03 Å². The fourth-order valence-electron chi connectivity index (χ4n) is 1.73. The molecule has 100 valence electrons. The van der Waals surface area contributed by atoms with Crippen molar-refractivity contribution in [3.8, 4) is 11.8 Å². The van der Waals surface area contributed by atoms with Gasteiger partial charge in [-0.2, -0.15) is 0 Å². The number of hydrogen-bond acceptors (Lipinski definition) is 4. The molecule has 1 aromatic rings. The molecule has 0 spiro atoms. The standard InChI is InChI=1S/C13H14N2O3S/c1-14-8-12(17)15(13(14)18)7-11-6-10(9-19-11)4-2-3-5-16/h6,9,16H,3,5,7-8H2,1H3. The first-order chi connectivity index (χ1) is 9.11. The average Bonchev–Trinajstić information content (AvgIpc) is 2.91. The van der Waals surface area contributed by atoms with E-state index in [1.54, 1.807) is 7.05 Å². The summed E-state index contributed by atoms with van der Waals surface area (Å²) in [6, 6.07) is 1.61. The summed E-state index contributed by atoms with van der Waals surface area (Å²) in [6.45, 7) is 0.495. The van der Waals surface area contributed by atoms with Crippen LogP contribution in [-0.2, 0) is 11.3 Å². The summed E-state index contributed by atoms with van der Waals surface area (Å²) in [5.41, 5.74) is 0.848. The van der Waals surface area contributed by atoms with Crippen LogP contribution in [0.3, 0.4) is 0 Å². The van der Waals surface area contributed by atoms with E-state index in [1.165, 1.54) is 21.1 Å². The SMILES string of the molecule is CN1CC(=O)N(Cc2cc(C#CCCO)cs2)C1=O. The number of aliphatic hydroxyl groups excluding tert-OH is 1. The van der Waals surface area contributed by atoms with Gasteiger partial charge in [-0.15, -0.1) is 11.3 Å². The Morgan fingerprint density at radius 1 is 1.47 bits per heavy atom. The average molecular weight is 278 g/mol. The molecular weight excluding hydrogens is 264 g/mol. The molecule has 0 radical (unpaired) electrons. The summed E-state index contributed by atoms with van der Waals surface area (Å²) in [6.07, 6.45) is 0.444. The Morgan fingerprint density at radius 3 is 2.89 bits per heavy atom. The normalized spacial score (nSPS) is 14.8. The summed E-state index contributed by atoms with van der Waals surface area (Å²) in [5.74, 6) is 5.59. The number of aliphatic hydroxyl groups is 1. The molecule has 0 aliphatic carbocycles. The third-order valence-electron chi connectivity index (χ3n) is 2.67. The zero-order valence-electron chi connectivity index (χ0n) is 10.5. The number of carbonyl (C=O) groups excluding carboxylic acids is 2.